The van der Waals surface area contributed by atoms with Crippen LogP contribution in [0.5, 0.6) is 0 Å². The van der Waals surface area contributed by atoms with Crippen molar-refractivity contribution in [1.29, 1.82) is 0 Å². The number of nitrogens with zero attached hydrogens (tertiary/aromatic N) is 1. The van der Waals surface area contributed by atoms with E-state index in [-0.39, 0.29) is 41.4 Å². The first kappa shape index (κ1) is 23.0. The van der Waals surface area contributed by atoms with E-state index in [1.807, 2.05) is 12.2 Å². The molecule has 3 amide bonds. The average Bonchev–Trinajstić information content (AvgIpc) is 3.40. The van der Waals surface area contributed by atoms with Gasteiger partial charge in [-0.15, -0.1) is 0 Å². The summed E-state index contributed by atoms with van der Waals surface area (Å²) in [5.41, 5.74) is 1.28. The van der Waals surface area contributed by atoms with Crippen LogP contribution in [0.25, 0.3) is 0 Å². The molecule has 1 aromatic carbocycles. The van der Waals surface area contributed by atoms with E-state index in [2.05, 4.69) is 21.2 Å². The Balaban J connectivity index is 1.42. The van der Waals surface area contributed by atoms with Gasteiger partial charge in [0.2, 0.25) is 11.8 Å². The zero-order valence-corrected chi connectivity index (χ0v) is 20.3. The molecule has 0 radical (unpaired) electrons. The van der Waals surface area contributed by atoms with Crippen molar-refractivity contribution in [2.75, 3.05) is 11.9 Å². The first-order valence-electron chi connectivity index (χ1n) is 10.6. The number of allylic oxidation sites excluding steroid dienone is 2. The zero-order valence-electron chi connectivity index (χ0n) is 17.9. The van der Waals surface area contributed by atoms with Crippen molar-refractivity contribution in [3.05, 3.63) is 39.3 Å². The Morgan fingerprint density at radius 2 is 1.78 bits per heavy atom. The lowest BCUT2D eigenvalue weighted by molar-refractivity contribution is -0.162. The molecule has 9 heteroatoms. The highest BCUT2D eigenvalue weighted by atomic mass is 79.9. The predicted molar refractivity (Wildman–Crippen MR) is 122 cm³/mol. The summed E-state index contributed by atoms with van der Waals surface area (Å²) < 4.78 is 5.94. The van der Waals surface area contributed by atoms with E-state index in [1.165, 1.54) is 0 Å². The fraction of sp³-hybridized carbons (Fsp3) is 0.478. The van der Waals surface area contributed by atoms with E-state index < -0.39 is 24.5 Å². The molecule has 32 heavy (non-hydrogen) atoms. The van der Waals surface area contributed by atoms with Crippen LogP contribution < -0.4 is 5.32 Å². The highest BCUT2D eigenvalue weighted by Gasteiger charge is 2.61. The van der Waals surface area contributed by atoms with Crippen LogP contribution in [0, 0.1) is 36.5 Å². The lowest BCUT2D eigenvalue weighted by atomic mass is 9.85. The molecule has 4 rings (SSSR count). The number of halogens is 2. The number of fused-ring (bicyclic) bond motifs is 5. The summed E-state index contributed by atoms with van der Waals surface area (Å²) in [6.07, 6.45) is 4.82. The fourth-order valence-electron chi connectivity index (χ4n) is 5.06. The first-order chi connectivity index (χ1) is 15.1. The molecule has 1 N–H and O–H groups in total. The van der Waals surface area contributed by atoms with E-state index in [9.17, 15) is 19.2 Å². The molecule has 1 heterocycles. The van der Waals surface area contributed by atoms with Gasteiger partial charge in [-0.1, -0.05) is 37.6 Å². The number of carbonyl (C=O) groups excluding carboxylic acids is 4. The number of imide groups is 1. The number of nitrogens with one attached hydrogen (secondary N) is 1. The van der Waals surface area contributed by atoms with E-state index >= 15 is 0 Å². The molecule has 170 valence electrons. The highest BCUT2D eigenvalue weighted by molar-refractivity contribution is 9.10. The molecule has 7 nitrogen and oxygen atoms in total. The van der Waals surface area contributed by atoms with Crippen molar-refractivity contribution in [3.8, 4) is 0 Å². The van der Waals surface area contributed by atoms with Gasteiger partial charge in [0.25, 0.3) is 5.91 Å². The van der Waals surface area contributed by atoms with E-state index in [4.69, 9.17) is 16.3 Å². The topological polar surface area (TPSA) is 92.8 Å². The molecule has 0 unspecified atom stereocenters. The summed E-state index contributed by atoms with van der Waals surface area (Å²) in [4.78, 5) is 52.5. The number of rotatable bonds is 6. The van der Waals surface area contributed by atoms with Crippen LogP contribution in [0.2, 0.25) is 5.02 Å². The molecule has 2 aliphatic carbocycles. The molecule has 2 fully saturated rings. The minimum atomic E-state index is -1.06. The highest BCUT2D eigenvalue weighted by Crippen LogP contribution is 2.53. The number of benzene rings is 1. The number of ether oxygens (including phenoxy) is 1. The first-order valence-corrected chi connectivity index (χ1v) is 11.7. The maximum atomic E-state index is 13.1. The number of carbonyl (C=O) groups is 4. The van der Waals surface area contributed by atoms with Crippen LogP contribution in [-0.2, 0) is 23.9 Å². The van der Waals surface area contributed by atoms with Crippen molar-refractivity contribution in [2.24, 2.45) is 29.6 Å². The van der Waals surface area contributed by atoms with Crippen molar-refractivity contribution >= 4 is 56.9 Å². The third-order valence-electron chi connectivity index (χ3n) is 6.54. The Labute approximate surface area is 199 Å². The second-order valence-corrected chi connectivity index (χ2v) is 10.2. The molecule has 1 saturated heterocycles. The van der Waals surface area contributed by atoms with Gasteiger partial charge in [-0.2, -0.15) is 0 Å². The van der Waals surface area contributed by atoms with Crippen LogP contribution in [0.15, 0.2) is 28.8 Å². The third kappa shape index (κ3) is 3.88. The third-order valence-corrected chi connectivity index (χ3v) is 7.74. The molecule has 1 saturated carbocycles. The van der Waals surface area contributed by atoms with Gasteiger partial charge in [-0.05, 0) is 64.7 Å². The van der Waals surface area contributed by atoms with Gasteiger partial charge in [0.1, 0.15) is 6.04 Å². The molecule has 0 aromatic heterocycles. The average molecular weight is 524 g/mol. The molecular weight excluding hydrogens is 500 g/mol. The summed E-state index contributed by atoms with van der Waals surface area (Å²) in [7, 11) is 0. The maximum absolute atomic E-state index is 13.1. The summed E-state index contributed by atoms with van der Waals surface area (Å²) in [5, 5.41) is 3.10. The van der Waals surface area contributed by atoms with Gasteiger partial charge >= 0.3 is 5.97 Å². The Hall–Kier alpha value is -2.19. The van der Waals surface area contributed by atoms with Gasteiger partial charge in [0.05, 0.1) is 16.9 Å². The van der Waals surface area contributed by atoms with Crippen LogP contribution in [0.1, 0.15) is 25.8 Å². The SMILES string of the molecule is Cc1cc(Br)c(Cl)cc1NC(=O)COC(=O)[C@H](C(C)C)N1C(=O)[C@H]2[C@H](C1=O)[C@H]1C=C[C@H]2C1. The molecule has 3 aliphatic rings. The standard InChI is InChI=1S/C23H24BrClN2O5/c1-10(2)20(27-21(29)18-12-4-5-13(7-12)19(18)22(27)30)23(31)32-9-17(28)26-16-8-15(25)14(24)6-11(16)3/h4-6,8,10,12-13,18-20H,7,9H2,1-3H3,(H,26,28)/t12-,13-,18+,19+,20-/m0/s1. The maximum Gasteiger partial charge on any atom is 0.330 e. The van der Waals surface area contributed by atoms with Crippen LogP contribution in [0.3, 0.4) is 0 Å². The van der Waals surface area contributed by atoms with Gasteiger partial charge < -0.3 is 10.1 Å². The van der Waals surface area contributed by atoms with Gasteiger partial charge in [-0.3, -0.25) is 19.3 Å². The zero-order chi connectivity index (χ0) is 23.3. The summed E-state index contributed by atoms with van der Waals surface area (Å²) in [5.74, 6) is -2.93. The summed E-state index contributed by atoms with van der Waals surface area (Å²) >= 11 is 9.40. The van der Waals surface area contributed by atoms with Gasteiger partial charge in [0.15, 0.2) is 6.61 Å². The number of amides is 3. The molecule has 1 aliphatic heterocycles. The second-order valence-electron chi connectivity index (χ2n) is 8.97. The van der Waals surface area contributed by atoms with Crippen molar-refractivity contribution in [3.63, 3.8) is 0 Å². The van der Waals surface area contributed by atoms with Crippen LogP contribution in [0.4, 0.5) is 5.69 Å². The van der Waals surface area contributed by atoms with Crippen molar-refractivity contribution < 1.29 is 23.9 Å². The lowest BCUT2D eigenvalue weighted by Crippen LogP contribution is -2.50. The van der Waals surface area contributed by atoms with Gasteiger partial charge in [0, 0.05) is 10.2 Å². The van der Waals surface area contributed by atoms with Crippen LogP contribution in [-0.4, -0.2) is 41.2 Å². The Kier molecular flexibility index (Phi) is 6.20. The number of likely N-dealkylation sites (tertiary alicyclic amines) is 1. The minimum Gasteiger partial charge on any atom is -0.454 e. The molecular formula is C23H24BrClN2O5. The van der Waals surface area contributed by atoms with Gasteiger partial charge in [-0.25, -0.2) is 4.79 Å². The van der Waals surface area contributed by atoms with E-state index in [1.54, 1.807) is 32.9 Å². The monoisotopic (exact) mass is 522 g/mol. The Bertz CT molecular complexity index is 1010. The van der Waals surface area contributed by atoms with Crippen molar-refractivity contribution in [2.45, 2.75) is 33.2 Å². The number of hydrogen-bond acceptors (Lipinski definition) is 5. The lowest BCUT2D eigenvalue weighted by Gasteiger charge is -2.28. The number of esters is 1. The van der Waals surface area contributed by atoms with Crippen molar-refractivity contribution in [1.82, 2.24) is 4.90 Å². The predicted octanol–water partition coefficient (Wildman–Crippen LogP) is 3.72. The van der Waals surface area contributed by atoms with E-state index in [0.29, 0.717) is 15.2 Å². The second kappa shape index (κ2) is 8.63. The molecule has 0 spiro atoms. The quantitative estimate of drug-likeness (QED) is 0.348. The van der Waals surface area contributed by atoms with Crippen LogP contribution >= 0.6 is 27.5 Å². The Morgan fingerprint density at radius 3 is 2.34 bits per heavy atom. The molecule has 5 atom stereocenters. The fourth-order valence-corrected chi connectivity index (χ4v) is 5.69. The number of aryl methyl sites for hydroxylation is 1. The normalized spacial score (nSPS) is 26.6. The smallest absolute Gasteiger partial charge is 0.330 e. The Morgan fingerprint density at radius 1 is 1.19 bits per heavy atom. The summed E-state index contributed by atoms with van der Waals surface area (Å²) in [6.45, 7) is 4.77. The molecule has 2 bridgehead atoms. The molecule has 1 aromatic rings. The number of anilines is 1. The number of hydrogen-bond donors (Lipinski definition) is 1. The largest absolute Gasteiger partial charge is 0.454 e. The summed E-state index contributed by atoms with van der Waals surface area (Å²) in [6, 6.07) is 2.30. The minimum absolute atomic E-state index is 0.0574. The van der Waals surface area contributed by atoms with E-state index in [0.717, 1.165) is 16.9 Å².